The zero-order valence-electron chi connectivity index (χ0n) is 55.6. The van der Waals surface area contributed by atoms with E-state index >= 15 is 0 Å². The topological polar surface area (TPSA) is 72.8 Å². The molecule has 0 heterocycles. The van der Waals surface area contributed by atoms with E-state index in [-0.39, 0.29) is 25.2 Å². The van der Waals surface area contributed by atoms with Crippen LogP contribution < -0.4 is 0 Å². The monoisotopic (exact) mass is 1170 g/mol. The van der Waals surface area contributed by atoms with Crippen LogP contribution in [0.1, 0.15) is 361 Å². The molecule has 0 amide bonds. The van der Waals surface area contributed by atoms with Gasteiger partial charge in [-0.25, -0.2) is 0 Å². The zero-order valence-corrected chi connectivity index (χ0v) is 55.6. The second-order valence-corrected chi connectivity index (χ2v) is 24.3. The van der Waals surface area contributed by atoms with Crippen LogP contribution in [0, 0.1) is 0 Å². The molecule has 0 aromatic rings. The Hall–Kier alpha value is -3.44. The molecule has 5 nitrogen and oxygen atoms in total. The number of aliphatic hydroxyl groups is 1. The van der Waals surface area contributed by atoms with Crippen LogP contribution >= 0.6 is 0 Å². The summed E-state index contributed by atoms with van der Waals surface area (Å²) in [5, 5.41) is 9.71. The average Bonchev–Trinajstić information content (AvgIpc) is 3.51. The molecule has 0 aromatic carbocycles. The molecule has 0 aliphatic heterocycles. The summed E-state index contributed by atoms with van der Waals surface area (Å²) in [6.45, 7) is 4.07. The van der Waals surface area contributed by atoms with Gasteiger partial charge in [-0.05, 0) is 83.5 Å². The summed E-state index contributed by atoms with van der Waals surface area (Å²) < 4.78 is 10.8. The molecular weight excluding hydrogens is 1030 g/mol. The third-order valence-electron chi connectivity index (χ3n) is 16.1. The van der Waals surface area contributed by atoms with E-state index in [1.807, 2.05) is 0 Å². The molecule has 0 rings (SSSR count). The number of carbonyl (C=O) groups excluding carboxylic acids is 2. The number of esters is 2. The molecule has 0 aliphatic rings. The maximum atomic E-state index is 12.4. The molecule has 0 spiro atoms. The smallest absolute Gasteiger partial charge is 0.306 e. The Labute approximate surface area is 522 Å². The van der Waals surface area contributed by atoms with Gasteiger partial charge in [0.2, 0.25) is 0 Å². The Balaban J connectivity index is 3.48. The molecule has 0 radical (unpaired) electrons. The van der Waals surface area contributed by atoms with E-state index in [4.69, 9.17) is 9.47 Å². The lowest BCUT2D eigenvalue weighted by molar-refractivity contribution is -0.161. The summed E-state index contributed by atoms with van der Waals surface area (Å²) in [5.41, 5.74) is 0. The number of aliphatic hydroxyl groups excluding tert-OH is 1. The average molecular weight is 1170 g/mol. The van der Waals surface area contributed by atoms with Crippen LogP contribution in [-0.2, 0) is 19.1 Å². The summed E-state index contributed by atoms with van der Waals surface area (Å²) in [6.07, 6.45) is 107. The van der Waals surface area contributed by atoms with Gasteiger partial charge in [-0.2, -0.15) is 0 Å². The number of ether oxygens (including phenoxy) is 2. The van der Waals surface area contributed by atoms with E-state index in [0.29, 0.717) is 12.8 Å². The molecule has 84 heavy (non-hydrogen) atoms. The molecule has 0 fully saturated rings. The highest BCUT2D eigenvalue weighted by molar-refractivity contribution is 5.70. The third kappa shape index (κ3) is 71.0. The van der Waals surface area contributed by atoms with Gasteiger partial charge >= 0.3 is 11.9 Å². The van der Waals surface area contributed by atoms with Crippen LogP contribution in [0.25, 0.3) is 0 Å². The van der Waals surface area contributed by atoms with Crippen LogP contribution in [0.15, 0.2) is 109 Å². The summed E-state index contributed by atoms with van der Waals surface area (Å²) in [7, 11) is 0. The number of hydrogen-bond acceptors (Lipinski definition) is 5. The molecule has 1 unspecified atom stereocenters. The van der Waals surface area contributed by atoms with Crippen molar-refractivity contribution in [1.82, 2.24) is 0 Å². The first kappa shape index (κ1) is 80.6. The lowest BCUT2D eigenvalue weighted by Crippen LogP contribution is -2.28. The predicted molar refractivity (Wildman–Crippen MR) is 371 cm³/mol. The highest BCUT2D eigenvalue weighted by Gasteiger charge is 2.16. The van der Waals surface area contributed by atoms with E-state index in [1.165, 1.54) is 238 Å². The molecule has 484 valence electrons. The van der Waals surface area contributed by atoms with Gasteiger partial charge < -0.3 is 14.6 Å². The highest BCUT2D eigenvalue weighted by atomic mass is 16.6. The molecule has 0 bridgehead atoms. The molecule has 0 saturated heterocycles. The fraction of sp³-hybridized carbons (Fsp3) is 0.747. The van der Waals surface area contributed by atoms with E-state index in [1.54, 1.807) is 0 Å². The Bertz CT molecular complexity index is 1610. The van der Waals surface area contributed by atoms with Crippen LogP contribution in [-0.4, -0.2) is 36.4 Å². The first-order chi connectivity index (χ1) is 41.6. The lowest BCUT2D eigenvalue weighted by atomic mass is 10.0. The van der Waals surface area contributed by atoms with Crippen LogP contribution in [0.5, 0.6) is 0 Å². The Morgan fingerprint density at radius 3 is 0.774 bits per heavy atom. The predicted octanol–water partition coefficient (Wildman–Crippen LogP) is 25.5. The Kier molecular flexibility index (Phi) is 70.8. The minimum Gasteiger partial charge on any atom is -0.462 e. The number of rotatable bonds is 67. The van der Waals surface area contributed by atoms with Crippen LogP contribution in [0.3, 0.4) is 0 Å². The number of unbranched alkanes of at least 4 members (excludes halogenated alkanes) is 41. The van der Waals surface area contributed by atoms with Crippen molar-refractivity contribution in [3.8, 4) is 0 Å². The molecule has 0 aliphatic carbocycles. The van der Waals surface area contributed by atoms with Gasteiger partial charge in [-0.3, -0.25) is 9.59 Å². The lowest BCUT2D eigenvalue weighted by Gasteiger charge is -2.15. The van der Waals surface area contributed by atoms with Gasteiger partial charge in [0.25, 0.3) is 0 Å². The first-order valence-electron chi connectivity index (χ1n) is 36.4. The van der Waals surface area contributed by atoms with Crippen molar-refractivity contribution in [3.63, 3.8) is 0 Å². The van der Waals surface area contributed by atoms with Crippen molar-refractivity contribution in [1.29, 1.82) is 0 Å². The van der Waals surface area contributed by atoms with Crippen molar-refractivity contribution >= 4 is 11.9 Å². The van der Waals surface area contributed by atoms with E-state index in [9.17, 15) is 14.7 Å². The third-order valence-corrected chi connectivity index (χ3v) is 16.1. The Morgan fingerprint density at radius 1 is 0.286 bits per heavy atom. The van der Waals surface area contributed by atoms with E-state index in [0.717, 1.165) is 96.3 Å². The molecule has 1 N–H and O–H groups in total. The van der Waals surface area contributed by atoms with Crippen molar-refractivity contribution in [2.24, 2.45) is 0 Å². The fourth-order valence-electron chi connectivity index (χ4n) is 10.7. The maximum absolute atomic E-state index is 12.4. The SMILES string of the molecule is CC/C=C\C/C=C\C/C=C\C/C=C\C/C=C\C/C=C\C/C=C\C/C=C\C/C=C\CCCCCCCCCCCCCCCC(=O)OC(CO)COC(=O)CCCCCCCCCCCCCCCCCCCCCCCCCCCCCCC. The van der Waals surface area contributed by atoms with Gasteiger partial charge in [0.1, 0.15) is 6.61 Å². The highest BCUT2D eigenvalue weighted by Crippen LogP contribution is 2.18. The summed E-state index contributed by atoms with van der Waals surface area (Å²) in [6, 6.07) is 0. The van der Waals surface area contributed by atoms with E-state index in [2.05, 4.69) is 123 Å². The van der Waals surface area contributed by atoms with Crippen LogP contribution in [0.2, 0.25) is 0 Å². The first-order valence-corrected chi connectivity index (χ1v) is 36.4. The van der Waals surface area contributed by atoms with Crippen LogP contribution in [0.4, 0.5) is 0 Å². The molecule has 1 atom stereocenters. The van der Waals surface area contributed by atoms with E-state index < -0.39 is 6.10 Å². The van der Waals surface area contributed by atoms with Crippen molar-refractivity contribution in [2.45, 2.75) is 367 Å². The van der Waals surface area contributed by atoms with Gasteiger partial charge in [-0.1, -0.05) is 374 Å². The number of carbonyl (C=O) groups is 2. The largest absolute Gasteiger partial charge is 0.462 e. The molecule has 5 heteroatoms. The van der Waals surface area contributed by atoms with Gasteiger partial charge in [-0.15, -0.1) is 0 Å². The molecule has 0 saturated carbocycles. The Morgan fingerprint density at radius 2 is 0.512 bits per heavy atom. The van der Waals surface area contributed by atoms with Gasteiger partial charge in [0.15, 0.2) is 6.10 Å². The minimum atomic E-state index is -0.777. The van der Waals surface area contributed by atoms with Gasteiger partial charge in [0.05, 0.1) is 6.61 Å². The molecular formula is C79H138O5. The standard InChI is InChI=1S/C79H138O5/c1-3-5-7-9-11-13-15-17-19-21-23-25-27-29-31-33-34-35-36-37-38-39-40-41-42-43-44-46-48-50-52-54-56-58-60-62-64-66-68-70-72-74-79(82)84-77(75-80)76-83-78(81)73-71-69-67-65-63-61-59-57-55-53-51-49-47-45-32-30-28-26-24-22-20-18-16-14-12-10-8-6-4-2/h5,7,11,13,17,19,23,25,29,31,34-35,37-38,40-41,43-44,77,80H,3-4,6,8-10,12,14-16,18,20-22,24,26-28,30,32-33,36,39,42,45-76H2,1-2H3/b7-5-,13-11-,19-17-,25-23-,31-29-,35-34-,38-37-,41-40-,44-43-. The van der Waals surface area contributed by atoms with Crippen molar-refractivity contribution in [2.75, 3.05) is 13.2 Å². The summed E-state index contributed by atoms with van der Waals surface area (Å²) in [5.74, 6) is -0.578. The second-order valence-electron chi connectivity index (χ2n) is 24.3. The number of hydrogen-bond donors (Lipinski definition) is 1. The van der Waals surface area contributed by atoms with Crippen molar-refractivity contribution < 1.29 is 24.2 Å². The van der Waals surface area contributed by atoms with Gasteiger partial charge in [0, 0.05) is 12.8 Å². The summed E-state index contributed by atoms with van der Waals surface area (Å²) in [4.78, 5) is 24.7. The fourth-order valence-corrected chi connectivity index (χ4v) is 10.7. The normalized spacial score (nSPS) is 12.8. The zero-order chi connectivity index (χ0) is 60.5. The van der Waals surface area contributed by atoms with Crippen molar-refractivity contribution in [3.05, 3.63) is 109 Å². The number of allylic oxidation sites excluding steroid dienone is 18. The maximum Gasteiger partial charge on any atom is 0.306 e. The summed E-state index contributed by atoms with van der Waals surface area (Å²) >= 11 is 0. The quantitative estimate of drug-likeness (QED) is 0.0373. The second kappa shape index (κ2) is 73.8. The molecule has 0 aromatic heterocycles. The minimum absolute atomic E-state index is 0.0654.